The molecule has 3 fully saturated rings. The third-order valence-electron chi connectivity index (χ3n) is 6.58. The summed E-state index contributed by atoms with van der Waals surface area (Å²) in [5, 5.41) is 11.7. The first-order valence-electron chi connectivity index (χ1n) is 11.0. The van der Waals surface area contributed by atoms with Crippen molar-refractivity contribution in [2.45, 2.75) is 38.5 Å². The highest BCUT2D eigenvalue weighted by atomic mass is 16.7. The molecule has 166 valence electrons. The summed E-state index contributed by atoms with van der Waals surface area (Å²) in [7, 11) is 4.06. The maximum Gasteiger partial charge on any atom is 0.231 e. The molecule has 2 aromatic rings. The van der Waals surface area contributed by atoms with E-state index in [4.69, 9.17) is 9.47 Å². The van der Waals surface area contributed by atoms with Crippen LogP contribution in [-0.2, 0) is 24.4 Å². The molecule has 1 unspecified atom stereocenters. The lowest BCUT2D eigenvalue weighted by Crippen LogP contribution is -2.58. The Morgan fingerprint density at radius 1 is 1.29 bits per heavy atom. The van der Waals surface area contributed by atoms with Gasteiger partial charge in [-0.3, -0.25) is 14.4 Å². The number of rotatable bonds is 7. The van der Waals surface area contributed by atoms with Crippen molar-refractivity contribution in [3.63, 3.8) is 0 Å². The van der Waals surface area contributed by atoms with Crippen molar-refractivity contribution in [3.05, 3.63) is 35.7 Å². The van der Waals surface area contributed by atoms with Gasteiger partial charge in [0.25, 0.3) is 0 Å². The zero-order chi connectivity index (χ0) is 21.4. The first kappa shape index (κ1) is 20.3. The number of aromatic nitrogens is 3. The lowest BCUT2D eigenvalue weighted by molar-refractivity contribution is -0.133. The summed E-state index contributed by atoms with van der Waals surface area (Å²) in [5.41, 5.74) is 2.01. The van der Waals surface area contributed by atoms with Gasteiger partial charge in [-0.1, -0.05) is 11.3 Å². The Morgan fingerprint density at radius 3 is 2.97 bits per heavy atom. The van der Waals surface area contributed by atoms with Crippen LogP contribution in [-0.4, -0.2) is 70.7 Å². The number of piperidine rings is 3. The maximum absolute atomic E-state index is 12.9. The van der Waals surface area contributed by atoms with E-state index in [2.05, 4.69) is 25.4 Å². The van der Waals surface area contributed by atoms with E-state index < -0.39 is 0 Å². The lowest BCUT2D eigenvalue weighted by atomic mass is 9.75. The number of benzene rings is 1. The van der Waals surface area contributed by atoms with Gasteiger partial charge in [0.1, 0.15) is 0 Å². The molecule has 0 spiro atoms. The number of hydrogen-bond acceptors (Lipinski definition) is 7. The Balaban J connectivity index is 1.15. The number of amides is 1. The van der Waals surface area contributed by atoms with Crippen LogP contribution < -0.4 is 14.8 Å². The van der Waals surface area contributed by atoms with Gasteiger partial charge in [-0.2, -0.15) is 0 Å². The van der Waals surface area contributed by atoms with Crippen LogP contribution in [0.25, 0.3) is 0 Å². The van der Waals surface area contributed by atoms with Crippen molar-refractivity contribution in [2.75, 3.05) is 34.0 Å². The summed E-state index contributed by atoms with van der Waals surface area (Å²) in [4.78, 5) is 17.5. The van der Waals surface area contributed by atoms with Crippen LogP contribution in [0, 0.1) is 11.8 Å². The highest BCUT2D eigenvalue weighted by molar-refractivity contribution is 5.79. The Hall–Kier alpha value is -2.65. The van der Waals surface area contributed by atoms with Crippen molar-refractivity contribution in [3.8, 4) is 11.5 Å². The van der Waals surface area contributed by atoms with Crippen LogP contribution in [0.2, 0.25) is 0 Å². The molecule has 5 heterocycles. The molecule has 4 aliphatic heterocycles. The molecule has 0 aliphatic carbocycles. The Labute approximate surface area is 182 Å². The van der Waals surface area contributed by atoms with E-state index in [0.29, 0.717) is 18.5 Å². The second kappa shape index (κ2) is 8.47. The number of hydrogen-bond donors (Lipinski definition) is 1. The average molecular weight is 427 g/mol. The predicted molar refractivity (Wildman–Crippen MR) is 113 cm³/mol. The molecule has 9 heteroatoms. The van der Waals surface area contributed by atoms with Gasteiger partial charge < -0.3 is 19.7 Å². The molecule has 2 bridgehead atoms. The van der Waals surface area contributed by atoms with E-state index in [1.165, 1.54) is 0 Å². The standard InChI is InChI=1S/C22H30N6O3/c1-26(2)10-17-11-28(25-24-17)12-18-8-16-5-6-27(18)13-19(16)22(29)23-9-15-3-4-20-21(7-15)31-14-30-20/h3-4,7,11,16,18-19H,5-6,8-10,12-14H2,1-2H3,(H,23,29)/t16-,18+,19-/m0/s1. The Bertz CT molecular complexity index is 945. The van der Waals surface area contributed by atoms with Crippen LogP contribution in [0.1, 0.15) is 24.1 Å². The number of carbonyl (C=O) groups excluding carboxylic acids is 1. The molecule has 3 saturated heterocycles. The van der Waals surface area contributed by atoms with Gasteiger partial charge in [0, 0.05) is 31.9 Å². The summed E-state index contributed by atoms with van der Waals surface area (Å²) in [6.45, 7) is 4.28. The van der Waals surface area contributed by atoms with E-state index in [1.54, 1.807) is 0 Å². The zero-order valence-electron chi connectivity index (χ0n) is 18.2. The monoisotopic (exact) mass is 426 g/mol. The predicted octanol–water partition coefficient (Wildman–Crippen LogP) is 1.10. The molecule has 4 atom stereocenters. The molecule has 31 heavy (non-hydrogen) atoms. The lowest BCUT2D eigenvalue weighted by Gasteiger charge is -2.49. The van der Waals surface area contributed by atoms with E-state index >= 15 is 0 Å². The first-order valence-corrected chi connectivity index (χ1v) is 11.0. The number of ether oxygens (including phenoxy) is 2. The third-order valence-corrected chi connectivity index (χ3v) is 6.58. The van der Waals surface area contributed by atoms with Gasteiger partial charge in [0.15, 0.2) is 11.5 Å². The molecule has 1 N–H and O–H groups in total. The molecule has 1 amide bonds. The fraction of sp³-hybridized carbons (Fsp3) is 0.591. The summed E-state index contributed by atoms with van der Waals surface area (Å²) in [6, 6.07) is 6.24. The fourth-order valence-electron chi connectivity index (χ4n) is 5.04. The van der Waals surface area contributed by atoms with Gasteiger partial charge >= 0.3 is 0 Å². The van der Waals surface area contributed by atoms with Crippen LogP contribution in [0.4, 0.5) is 0 Å². The third kappa shape index (κ3) is 4.38. The quantitative estimate of drug-likeness (QED) is 0.710. The molecule has 1 aromatic heterocycles. The van der Waals surface area contributed by atoms with Crippen LogP contribution in [0.3, 0.4) is 0 Å². The molecular weight excluding hydrogens is 396 g/mol. The van der Waals surface area contributed by atoms with Crippen molar-refractivity contribution >= 4 is 5.91 Å². The summed E-state index contributed by atoms with van der Waals surface area (Å²) < 4.78 is 12.7. The van der Waals surface area contributed by atoms with Crippen molar-refractivity contribution in [1.29, 1.82) is 0 Å². The van der Waals surface area contributed by atoms with Crippen molar-refractivity contribution in [1.82, 2.24) is 30.1 Å². The van der Waals surface area contributed by atoms with Gasteiger partial charge in [-0.05, 0) is 57.1 Å². The van der Waals surface area contributed by atoms with Crippen molar-refractivity contribution < 1.29 is 14.3 Å². The minimum Gasteiger partial charge on any atom is -0.454 e. The van der Waals surface area contributed by atoms with E-state index in [0.717, 1.165) is 61.8 Å². The summed E-state index contributed by atoms with van der Waals surface area (Å²) in [5.74, 6) is 2.15. The van der Waals surface area contributed by atoms with Crippen LogP contribution in [0.15, 0.2) is 24.4 Å². The number of nitrogens with one attached hydrogen (secondary N) is 1. The highest BCUT2D eigenvalue weighted by Crippen LogP contribution is 2.37. The minimum absolute atomic E-state index is 0.0547. The SMILES string of the molecule is CN(C)Cc1cn(C[C@H]2C[C@@H]3CCN2C[C@@H]3C(=O)NCc2ccc3c(c2)OCO3)nn1. The second-order valence-electron chi connectivity index (χ2n) is 9.11. The van der Waals surface area contributed by atoms with Crippen LogP contribution in [0.5, 0.6) is 11.5 Å². The zero-order valence-corrected chi connectivity index (χ0v) is 18.2. The smallest absolute Gasteiger partial charge is 0.231 e. The largest absolute Gasteiger partial charge is 0.454 e. The minimum atomic E-state index is 0.0547. The van der Waals surface area contributed by atoms with E-state index in [-0.39, 0.29) is 18.6 Å². The average Bonchev–Trinajstić information content (AvgIpc) is 3.40. The first-order chi connectivity index (χ1) is 15.0. The molecule has 4 aliphatic rings. The second-order valence-corrected chi connectivity index (χ2v) is 9.11. The molecule has 1 aromatic carbocycles. The number of nitrogens with zero attached hydrogens (tertiary/aromatic N) is 5. The topological polar surface area (TPSA) is 84.8 Å². The number of fused-ring (bicyclic) bond motifs is 4. The van der Waals surface area contributed by atoms with Crippen molar-refractivity contribution in [2.24, 2.45) is 11.8 Å². The van der Waals surface area contributed by atoms with Crippen LogP contribution >= 0.6 is 0 Å². The van der Waals surface area contributed by atoms with Gasteiger partial charge in [-0.25, -0.2) is 0 Å². The van der Waals surface area contributed by atoms with Gasteiger partial charge in [0.05, 0.1) is 18.2 Å². The molecular formula is C22H30N6O3. The fourth-order valence-corrected chi connectivity index (χ4v) is 5.04. The maximum atomic E-state index is 12.9. The normalized spacial score (nSPS) is 26.4. The van der Waals surface area contributed by atoms with Gasteiger partial charge in [0.2, 0.25) is 12.7 Å². The Kier molecular flexibility index (Phi) is 5.54. The van der Waals surface area contributed by atoms with E-state index in [1.807, 2.05) is 43.2 Å². The highest BCUT2D eigenvalue weighted by Gasteiger charge is 2.43. The molecule has 0 saturated carbocycles. The van der Waals surface area contributed by atoms with Gasteiger partial charge in [-0.15, -0.1) is 5.10 Å². The van der Waals surface area contributed by atoms with E-state index in [9.17, 15) is 4.79 Å². The summed E-state index contributed by atoms with van der Waals surface area (Å²) >= 11 is 0. The Morgan fingerprint density at radius 2 is 2.16 bits per heavy atom. The molecule has 6 rings (SSSR count). The number of carbonyl (C=O) groups is 1. The molecule has 9 nitrogen and oxygen atoms in total. The summed E-state index contributed by atoms with van der Waals surface area (Å²) in [6.07, 6.45) is 4.16. The molecule has 0 radical (unpaired) electrons.